The molecule has 13 heavy (non-hydrogen) atoms. The minimum absolute atomic E-state index is 0.471. The van der Waals surface area contributed by atoms with Gasteiger partial charge in [0.05, 0.1) is 30.1 Å². The van der Waals surface area contributed by atoms with E-state index in [2.05, 4.69) is 0 Å². The number of rotatable bonds is 3. The molecule has 0 atom stereocenters. The lowest BCUT2D eigenvalue weighted by Gasteiger charge is -2.40. The molecule has 0 rings (SSSR count). The van der Waals surface area contributed by atoms with Crippen molar-refractivity contribution < 1.29 is 13.2 Å². The van der Waals surface area contributed by atoms with E-state index in [9.17, 15) is 13.2 Å². The van der Waals surface area contributed by atoms with E-state index in [0.717, 1.165) is 4.90 Å². The molecule has 1 nitrogen and oxygen atoms in total. The molecule has 0 aliphatic heterocycles. The molecule has 0 bridgehead atoms. The van der Waals surface area contributed by atoms with Gasteiger partial charge in [0.2, 0.25) is 0 Å². The van der Waals surface area contributed by atoms with Gasteiger partial charge in [-0.2, -0.15) is 13.2 Å². The van der Waals surface area contributed by atoms with Crippen molar-refractivity contribution in [1.82, 2.24) is 4.90 Å². The number of nitrogens with zero attached hydrogens (tertiary/aromatic N) is 1. The maximum atomic E-state index is 12.0. The molecular formula is C6H9B3F3N. The van der Waals surface area contributed by atoms with Crippen LogP contribution in [0.1, 0.15) is 13.8 Å². The first-order valence-electron chi connectivity index (χ1n) is 3.74. The summed E-state index contributed by atoms with van der Waals surface area (Å²) >= 11 is 0. The van der Waals surface area contributed by atoms with Crippen LogP contribution in [-0.4, -0.2) is 52.4 Å². The lowest BCUT2D eigenvalue weighted by atomic mass is 9.48. The normalized spacial score (nSPS) is 14.1. The van der Waals surface area contributed by atoms with Crippen LogP contribution in [0, 0.1) is 0 Å². The summed E-state index contributed by atoms with van der Waals surface area (Å²) < 4.78 is 36.0. The van der Waals surface area contributed by atoms with Gasteiger partial charge in [0.25, 0.3) is 0 Å². The van der Waals surface area contributed by atoms with Crippen LogP contribution in [0.3, 0.4) is 0 Å². The number of alkyl halides is 3. The van der Waals surface area contributed by atoms with Crippen LogP contribution in [0.25, 0.3) is 0 Å². The van der Waals surface area contributed by atoms with Crippen LogP contribution >= 0.6 is 0 Å². The topological polar surface area (TPSA) is 3.24 Å². The molecule has 0 saturated heterocycles. The van der Waals surface area contributed by atoms with Crippen LogP contribution in [0.15, 0.2) is 0 Å². The van der Waals surface area contributed by atoms with E-state index in [1.807, 2.05) is 0 Å². The van der Waals surface area contributed by atoms with Gasteiger partial charge < -0.3 is 4.90 Å². The average Bonchev–Trinajstić information content (AvgIpc) is 1.77. The van der Waals surface area contributed by atoms with Crippen molar-refractivity contribution in [3.05, 3.63) is 0 Å². The third-order valence-electron chi connectivity index (χ3n) is 1.47. The maximum Gasteiger partial charge on any atom is 0.401 e. The fourth-order valence-corrected chi connectivity index (χ4v) is 0.960. The minimum Gasteiger partial charge on any atom is -0.312 e. The average molecular weight is 185 g/mol. The summed E-state index contributed by atoms with van der Waals surface area (Å²) in [6.45, 7) is 1.86. The molecule has 0 aromatic heterocycles. The molecular weight excluding hydrogens is 176 g/mol. The van der Waals surface area contributed by atoms with Gasteiger partial charge in [-0.05, 0) is 13.8 Å². The van der Waals surface area contributed by atoms with Crippen molar-refractivity contribution in [2.45, 2.75) is 31.3 Å². The van der Waals surface area contributed by atoms with Gasteiger partial charge in [0, 0.05) is 6.04 Å². The second kappa shape index (κ2) is 3.99. The highest BCUT2D eigenvalue weighted by Gasteiger charge is 2.35. The van der Waals surface area contributed by atoms with Gasteiger partial charge in [0.15, 0.2) is 0 Å². The Morgan fingerprint density at radius 2 is 1.54 bits per heavy atom. The first kappa shape index (κ1) is 12.9. The van der Waals surface area contributed by atoms with Gasteiger partial charge in [0.1, 0.15) is 0 Å². The standard InChI is InChI=1S/C6H9B3F3N/c1-4(2)13(6(7,8)9)3-5(10,11)12/h4H,3H2,1-2H3. The molecule has 6 radical (unpaired) electrons. The van der Waals surface area contributed by atoms with E-state index >= 15 is 0 Å². The Morgan fingerprint density at radius 1 is 1.15 bits per heavy atom. The third-order valence-corrected chi connectivity index (χ3v) is 1.47. The largest absolute Gasteiger partial charge is 0.401 e. The summed E-state index contributed by atoms with van der Waals surface area (Å²) in [4.78, 5) is 0.771. The van der Waals surface area contributed by atoms with Gasteiger partial charge in [-0.25, -0.2) is 0 Å². The second-order valence-corrected chi connectivity index (χ2v) is 3.22. The lowest BCUT2D eigenvalue weighted by Crippen LogP contribution is -2.56. The Labute approximate surface area is 80.3 Å². The van der Waals surface area contributed by atoms with Gasteiger partial charge in [-0.15, -0.1) is 0 Å². The van der Waals surface area contributed by atoms with Crippen LogP contribution in [0.4, 0.5) is 13.2 Å². The van der Waals surface area contributed by atoms with E-state index in [0.29, 0.717) is 0 Å². The highest BCUT2D eigenvalue weighted by molar-refractivity contribution is 6.59. The smallest absolute Gasteiger partial charge is 0.312 e. The lowest BCUT2D eigenvalue weighted by molar-refractivity contribution is -0.150. The van der Waals surface area contributed by atoms with Crippen molar-refractivity contribution in [3.63, 3.8) is 0 Å². The molecule has 0 heterocycles. The predicted molar refractivity (Wildman–Crippen MR) is 47.9 cm³/mol. The highest BCUT2D eigenvalue weighted by Crippen LogP contribution is 2.20. The molecule has 0 amide bonds. The van der Waals surface area contributed by atoms with Crippen molar-refractivity contribution in [2.75, 3.05) is 6.54 Å². The molecule has 0 N–H and O–H groups in total. The molecule has 0 unspecified atom stereocenters. The summed E-state index contributed by atoms with van der Waals surface area (Å²) in [6.07, 6.45) is -4.35. The summed E-state index contributed by atoms with van der Waals surface area (Å²) in [6, 6.07) is -0.471. The van der Waals surface area contributed by atoms with E-state index in [4.69, 9.17) is 23.5 Å². The van der Waals surface area contributed by atoms with Crippen molar-refractivity contribution in [1.29, 1.82) is 0 Å². The zero-order chi connectivity index (χ0) is 10.9. The molecule has 0 fully saturated rings. The van der Waals surface area contributed by atoms with E-state index in [-0.39, 0.29) is 0 Å². The summed E-state index contributed by atoms with van der Waals surface area (Å²) in [7, 11) is 15.5. The Balaban J connectivity index is 4.47. The number of halogens is 3. The third kappa shape index (κ3) is 5.29. The zero-order valence-corrected chi connectivity index (χ0v) is 7.60. The first-order valence-corrected chi connectivity index (χ1v) is 3.74. The van der Waals surface area contributed by atoms with Gasteiger partial charge >= 0.3 is 6.18 Å². The molecule has 0 aliphatic rings. The predicted octanol–water partition coefficient (Wildman–Crippen LogP) is 0.376. The Morgan fingerprint density at radius 3 is 1.62 bits per heavy atom. The Kier molecular flexibility index (Phi) is 3.97. The monoisotopic (exact) mass is 185 g/mol. The Bertz CT molecular complexity index is 163. The second-order valence-electron chi connectivity index (χ2n) is 3.22. The number of hydrogen-bond donors (Lipinski definition) is 0. The number of hydrogen-bond acceptors (Lipinski definition) is 1. The Hall–Kier alpha value is -0.0552. The fraction of sp³-hybridized carbons (Fsp3) is 1.00. The van der Waals surface area contributed by atoms with Gasteiger partial charge in [-0.3, -0.25) is 0 Å². The van der Waals surface area contributed by atoms with Crippen molar-refractivity contribution >= 4 is 23.5 Å². The van der Waals surface area contributed by atoms with Crippen LogP contribution < -0.4 is 0 Å². The molecule has 0 aromatic carbocycles. The van der Waals surface area contributed by atoms with Crippen LogP contribution in [-0.2, 0) is 0 Å². The molecule has 7 heteroatoms. The fourth-order valence-electron chi connectivity index (χ4n) is 0.960. The van der Waals surface area contributed by atoms with Crippen LogP contribution in [0.2, 0.25) is 0 Å². The van der Waals surface area contributed by atoms with E-state index < -0.39 is 24.0 Å². The molecule has 68 valence electrons. The van der Waals surface area contributed by atoms with Crippen molar-refractivity contribution in [2.24, 2.45) is 0 Å². The first-order chi connectivity index (χ1) is 5.54. The summed E-state index contributed by atoms with van der Waals surface area (Å²) in [5.74, 6) is 0. The minimum atomic E-state index is -4.35. The van der Waals surface area contributed by atoms with E-state index in [1.54, 1.807) is 0 Å². The van der Waals surface area contributed by atoms with Gasteiger partial charge in [-0.1, -0.05) is 5.24 Å². The van der Waals surface area contributed by atoms with Crippen LogP contribution in [0.5, 0.6) is 0 Å². The SMILES string of the molecule is [B]C([B])([B])N(CC(F)(F)F)C(C)C. The molecule has 0 aromatic rings. The summed E-state index contributed by atoms with van der Waals surface area (Å²) in [5, 5.41) is -1.94. The summed E-state index contributed by atoms with van der Waals surface area (Å²) in [5.41, 5.74) is 0. The molecule has 0 saturated carbocycles. The highest BCUT2D eigenvalue weighted by atomic mass is 19.4. The quantitative estimate of drug-likeness (QED) is 0.573. The zero-order valence-electron chi connectivity index (χ0n) is 7.60. The maximum absolute atomic E-state index is 12.0. The van der Waals surface area contributed by atoms with E-state index in [1.165, 1.54) is 13.8 Å². The van der Waals surface area contributed by atoms with Crippen molar-refractivity contribution in [3.8, 4) is 0 Å². The molecule has 0 spiro atoms. The molecule has 0 aliphatic carbocycles.